The first kappa shape index (κ1) is 14.9. The number of hydrogen-bond acceptors (Lipinski definition) is 3. The fourth-order valence-corrected chi connectivity index (χ4v) is 2.24. The maximum atomic E-state index is 12.2. The van der Waals surface area contributed by atoms with Crippen LogP contribution in [0.4, 0.5) is 11.4 Å². The molecule has 0 heterocycles. The number of carboxylic acid groups (broad SMARTS) is 1. The summed E-state index contributed by atoms with van der Waals surface area (Å²) in [6.45, 7) is 1.66. The number of benzene rings is 2. The molecular formula is C15H13ClN2O3. The average molecular weight is 305 g/mol. The number of aryl methyl sites for hydroxylation is 1. The Kier molecular flexibility index (Phi) is 4.14. The van der Waals surface area contributed by atoms with Crippen LogP contribution in [0.2, 0.25) is 5.02 Å². The van der Waals surface area contributed by atoms with Crippen LogP contribution in [0, 0.1) is 6.92 Å². The van der Waals surface area contributed by atoms with Crippen LogP contribution in [0.3, 0.4) is 0 Å². The molecule has 21 heavy (non-hydrogen) atoms. The first-order valence-electron chi connectivity index (χ1n) is 6.09. The lowest BCUT2D eigenvalue weighted by molar-refractivity contribution is 0.0697. The van der Waals surface area contributed by atoms with Gasteiger partial charge in [0.1, 0.15) is 0 Å². The molecule has 0 saturated carbocycles. The molecule has 0 spiro atoms. The number of halogens is 1. The quantitative estimate of drug-likeness (QED) is 0.759. The Morgan fingerprint density at radius 2 is 1.95 bits per heavy atom. The van der Waals surface area contributed by atoms with E-state index in [0.717, 1.165) is 0 Å². The number of rotatable bonds is 3. The number of aromatic carboxylic acids is 1. The Morgan fingerprint density at radius 3 is 2.57 bits per heavy atom. The van der Waals surface area contributed by atoms with E-state index < -0.39 is 11.9 Å². The number of carbonyl (C=O) groups excluding carboxylic acids is 1. The number of nitrogen functional groups attached to an aromatic ring is 1. The largest absolute Gasteiger partial charge is 0.478 e. The number of carbonyl (C=O) groups is 2. The van der Waals surface area contributed by atoms with Crippen molar-refractivity contribution in [2.24, 2.45) is 0 Å². The Hall–Kier alpha value is -2.53. The molecular weight excluding hydrogens is 292 g/mol. The maximum absolute atomic E-state index is 12.2. The van der Waals surface area contributed by atoms with Gasteiger partial charge in [0, 0.05) is 16.3 Å². The van der Waals surface area contributed by atoms with Crippen molar-refractivity contribution in [3.05, 3.63) is 58.1 Å². The normalized spacial score (nSPS) is 10.2. The number of hydrogen-bond donors (Lipinski definition) is 3. The molecule has 108 valence electrons. The molecule has 0 unspecified atom stereocenters. The molecule has 0 aromatic heterocycles. The van der Waals surface area contributed by atoms with Crippen LogP contribution in [0.25, 0.3) is 0 Å². The highest BCUT2D eigenvalue weighted by atomic mass is 35.5. The number of anilines is 2. The summed E-state index contributed by atoms with van der Waals surface area (Å²) < 4.78 is 0. The van der Waals surface area contributed by atoms with Crippen molar-refractivity contribution in [1.29, 1.82) is 0 Å². The van der Waals surface area contributed by atoms with Crippen LogP contribution in [0.5, 0.6) is 0 Å². The molecule has 2 aromatic rings. The second-order valence-electron chi connectivity index (χ2n) is 4.53. The summed E-state index contributed by atoms with van der Waals surface area (Å²) in [5, 5.41) is 12.1. The molecule has 0 atom stereocenters. The van der Waals surface area contributed by atoms with E-state index in [1.54, 1.807) is 19.1 Å². The average Bonchev–Trinajstić information content (AvgIpc) is 2.37. The summed E-state index contributed by atoms with van der Waals surface area (Å²) in [5.74, 6) is -1.58. The lowest BCUT2D eigenvalue weighted by Gasteiger charge is -2.11. The highest BCUT2D eigenvalue weighted by Crippen LogP contribution is 2.22. The van der Waals surface area contributed by atoms with E-state index in [2.05, 4.69) is 5.32 Å². The van der Waals surface area contributed by atoms with Gasteiger partial charge in [0.05, 0.1) is 11.3 Å². The molecule has 2 aromatic carbocycles. The summed E-state index contributed by atoms with van der Waals surface area (Å²) in [7, 11) is 0. The highest BCUT2D eigenvalue weighted by molar-refractivity contribution is 6.31. The lowest BCUT2D eigenvalue weighted by Crippen LogP contribution is -2.15. The standard InChI is InChI=1S/C15H13ClN2O3/c1-8-3-2-4-12(13(8)15(20)21)18-14(19)9-5-10(16)7-11(17)6-9/h2-7H,17H2,1H3,(H,18,19)(H,20,21). The van der Waals surface area contributed by atoms with Crippen LogP contribution in [0.1, 0.15) is 26.3 Å². The molecule has 1 amide bonds. The van der Waals surface area contributed by atoms with Crippen LogP contribution >= 0.6 is 11.6 Å². The van der Waals surface area contributed by atoms with Gasteiger partial charge >= 0.3 is 5.97 Å². The van der Waals surface area contributed by atoms with Crippen molar-refractivity contribution in [1.82, 2.24) is 0 Å². The van der Waals surface area contributed by atoms with Crippen molar-refractivity contribution >= 4 is 34.9 Å². The summed E-state index contributed by atoms with van der Waals surface area (Å²) in [6.07, 6.45) is 0. The van der Waals surface area contributed by atoms with Gasteiger partial charge in [-0.1, -0.05) is 23.7 Å². The number of carboxylic acids is 1. The minimum absolute atomic E-state index is 0.0563. The highest BCUT2D eigenvalue weighted by Gasteiger charge is 2.16. The second-order valence-corrected chi connectivity index (χ2v) is 4.97. The molecule has 5 nitrogen and oxygen atoms in total. The van der Waals surface area contributed by atoms with Gasteiger partial charge in [-0.15, -0.1) is 0 Å². The predicted octanol–water partition coefficient (Wildman–Crippen LogP) is 3.18. The van der Waals surface area contributed by atoms with Gasteiger partial charge in [-0.05, 0) is 36.8 Å². The van der Waals surface area contributed by atoms with Gasteiger partial charge in [0.25, 0.3) is 5.91 Å². The number of nitrogens with one attached hydrogen (secondary N) is 1. The first-order chi connectivity index (χ1) is 9.88. The van der Waals surface area contributed by atoms with E-state index >= 15 is 0 Å². The lowest BCUT2D eigenvalue weighted by atomic mass is 10.1. The van der Waals surface area contributed by atoms with E-state index in [0.29, 0.717) is 16.3 Å². The van der Waals surface area contributed by atoms with Gasteiger partial charge < -0.3 is 16.2 Å². The third-order valence-electron chi connectivity index (χ3n) is 2.92. The zero-order chi connectivity index (χ0) is 15.6. The van der Waals surface area contributed by atoms with Crippen molar-refractivity contribution in [2.45, 2.75) is 6.92 Å². The van der Waals surface area contributed by atoms with Crippen LogP contribution in [-0.2, 0) is 0 Å². The van der Waals surface area contributed by atoms with E-state index in [-0.39, 0.29) is 16.8 Å². The van der Waals surface area contributed by atoms with Crippen LogP contribution in [0.15, 0.2) is 36.4 Å². The van der Waals surface area contributed by atoms with Crippen molar-refractivity contribution in [3.8, 4) is 0 Å². The van der Waals surface area contributed by atoms with Gasteiger partial charge in [-0.3, -0.25) is 4.79 Å². The maximum Gasteiger partial charge on any atom is 0.338 e. The van der Waals surface area contributed by atoms with Gasteiger partial charge in [-0.2, -0.15) is 0 Å². The third-order valence-corrected chi connectivity index (χ3v) is 3.14. The molecule has 0 aliphatic carbocycles. The molecule has 2 rings (SSSR count). The molecule has 0 saturated heterocycles. The van der Waals surface area contributed by atoms with Crippen molar-refractivity contribution in [3.63, 3.8) is 0 Å². The Bertz CT molecular complexity index is 709. The fraction of sp³-hybridized carbons (Fsp3) is 0.0667. The van der Waals surface area contributed by atoms with E-state index in [1.165, 1.54) is 24.3 Å². The first-order valence-corrected chi connectivity index (χ1v) is 6.46. The van der Waals surface area contributed by atoms with Gasteiger partial charge in [0.2, 0.25) is 0 Å². The fourth-order valence-electron chi connectivity index (χ4n) is 1.99. The summed E-state index contributed by atoms with van der Waals surface area (Å²) in [4.78, 5) is 23.5. The number of nitrogens with two attached hydrogens (primary N) is 1. The third kappa shape index (κ3) is 3.32. The molecule has 0 aliphatic heterocycles. The molecule has 4 N–H and O–H groups in total. The van der Waals surface area contributed by atoms with Crippen LogP contribution < -0.4 is 11.1 Å². The Morgan fingerprint density at radius 1 is 1.24 bits per heavy atom. The molecule has 0 bridgehead atoms. The van der Waals surface area contributed by atoms with Crippen molar-refractivity contribution in [2.75, 3.05) is 11.1 Å². The SMILES string of the molecule is Cc1cccc(NC(=O)c2cc(N)cc(Cl)c2)c1C(=O)O. The van der Waals surface area contributed by atoms with Crippen molar-refractivity contribution < 1.29 is 14.7 Å². The van der Waals surface area contributed by atoms with E-state index in [4.69, 9.17) is 17.3 Å². The summed E-state index contributed by atoms with van der Waals surface area (Å²) in [5.41, 5.74) is 7.10. The van der Waals surface area contributed by atoms with E-state index in [1.807, 2.05) is 0 Å². The summed E-state index contributed by atoms with van der Waals surface area (Å²) >= 11 is 5.85. The second kappa shape index (κ2) is 5.85. The number of amides is 1. The molecule has 0 radical (unpaired) electrons. The topological polar surface area (TPSA) is 92.4 Å². The smallest absolute Gasteiger partial charge is 0.338 e. The van der Waals surface area contributed by atoms with Gasteiger partial charge in [-0.25, -0.2) is 4.79 Å². The Balaban J connectivity index is 2.36. The minimum atomic E-state index is -1.10. The summed E-state index contributed by atoms with van der Waals surface area (Å²) in [6, 6.07) is 9.32. The monoisotopic (exact) mass is 304 g/mol. The molecule has 6 heteroatoms. The molecule has 0 fully saturated rings. The predicted molar refractivity (Wildman–Crippen MR) is 82.0 cm³/mol. The zero-order valence-electron chi connectivity index (χ0n) is 11.2. The van der Waals surface area contributed by atoms with Crippen LogP contribution in [-0.4, -0.2) is 17.0 Å². The van der Waals surface area contributed by atoms with Gasteiger partial charge in [0.15, 0.2) is 0 Å². The zero-order valence-corrected chi connectivity index (χ0v) is 11.9. The minimum Gasteiger partial charge on any atom is -0.478 e. The Labute approximate surface area is 126 Å². The van der Waals surface area contributed by atoms with E-state index in [9.17, 15) is 14.7 Å². The molecule has 0 aliphatic rings.